The van der Waals surface area contributed by atoms with E-state index in [9.17, 15) is 4.39 Å². The Balaban J connectivity index is 2.92. The number of anilines is 1. The van der Waals surface area contributed by atoms with Crippen LogP contribution < -0.4 is 10.5 Å². The van der Waals surface area contributed by atoms with Crippen molar-refractivity contribution in [2.45, 2.75) is 5.16 Å². The van der Waals surface area contributed by atoms with Crippen molar-refractivity contribution in [3.8, 4) is 5.88 Å². The van der Waals surface area contributed by atoms with Crippen LogP contribution in [0.1, 0.15) is 0 Å². The lowest BCUT2D eigenvalue weighted by molar-refractivity contribution is 0.402. The van der Waals surface area contributed by atoms with Gasteiger partial charge in [0.25, 0.3) is 0 Å². The topological polar surface area (TPSA) is 73.9 Å². The van der Waals surface area contributed by atoms with Crippen LogP contribution in [0.5, 0.6) is 5.88 Å². The molecule has 0 amide bonds. The van der Waals surface area contributed by atoms with Crippen LogP contribution in [0.3, 0.4) is 0 Å². The number of methoxy groups -OCH3 is 1. The Labute approximate surface area is 106 Å². The number of pyridine rings is 1. The fourth-order valence-electron chi connectivity index (χ4n) is 1.36. The number of halogens is 2. The highest BCUT2D eigenvalue weighted by Crippen LogP contribution is 2.32. The smallest absolute Gasteiger partial charge is 0.228 e. The highest BCUT2D eigenvalue weighted by atomic mass is 35.5. The number of hydrogen-bond donors (Lipinski definition) is 1. The first kappa shape index (κ1) is 12.1. The van der Waals surface area contributed by atoms with Gasteiger partial charge in [0.05, 0.1) is 7.11 Å². The van der Waals surface area contributed by atoms with Crippen LogP contribution in [0.15, 0.2) is 5.16 Å². The first-order valence-corrected chi connectivity index (χ1v) is 6.09. The van der Waals surface area contributed by atoms with E-state index in [2.05, 4.69) is 15.0 Å². The van der Waals surface area contributed by atoms with Gasteiger partial charge in [-0.05, 0) is 6.26 Å². The summed E-state index contributed by atoms with van der Waals surface area (Å²) in [5.74, 6) is -0.511. The zero-order valence-electron chi connectivity index (χ0n) is 8.99. The molecule has 0 aromatic carbocycles. The summed E-state index contributed by atoms with van der Waals surface area (Å²) in [6.07, 6.45) is 1.76. The fraction of sp³-hybridized carbons (Fsp3) is 0.222. The van der Waals surface area contributed by atoms with Crippen molar-refractivity contribution in [2.75, 3.05) is 19.1 Å². The summed E-state index contributed by atoms with van der Waals surface area (Å²) in [5.41, 5.74) is 5.75. The van der Waals surface area contributed by atoms with Crippen molar-refractivity contribution in [2.24, 2.45) is 0 Å². The maximum atomic E-state index is 13.8. The van der Waals surface area contributed by atoms with E-state index in [1.54, 1.807) is 6.26 Å². The van der Waals surface area contributed by atoms with E-state index in [-0.39, 0.29) is 27.8 Å². The normalized spacial score (nSPS) is 10.8. The van der Waals surface area contributed by atoms with E-state index in [0.29, 0.717) is 5.16 Å². The number of fused-ring (bicyclic) bond motifs is 1. The van der Waals surface area contributed by atoms with Crippen LogP contribution in [-0.4, -0.2) is 28.3 Å². The summed E-state index contributed by atoms with van der Waals surface area (Å²) < 4.78 is 18.8. The summed E-state index contributed by atoms with van der Waals surface area (Å²) in [5, 5.41) is 0.282. The zero-order chi connectivity index (χ0) is 12.6. The van der Waals surface area contributed by atoms with Gasteiger partial charge in [0, 0.05) is 0 Å². The van der Waals surface area contributed by atoms with Crippen LogP contribution in [0.2, 0.25) is 5.15 Å². The Morgan fingerprint density at radius 1 is 1.35 bits per heavy atom. The minimum Gasteiger partial charge on any atom is -0.480 e. The van der Waals surface area contributed by atoms with Crippen molar-refractivity contribution < 1.29 is 9.13 Å². The van der Waals surface area contributed by atoms with Crippen LogP contribution in [0, 0.1) is 5.82 Å². The van der Waals surface area contributed by atoms with E-state index in [1.165, 1.54) is 18.9 Å². The predicted molar refractivity (Wildman–Crippen MR) is 65.0 cm³/mol. The molecule has 0 atom stereocenters. The summed E-state index contributed by atoms with van der Waals surface area (Å²) in [6, 6.07) is 0. The number of nitrogens with two attached hydrogens (primary N) is 1. The molecule has 8 heteroatoms. The zero-order valence-corrected chi connectivity index (χ0v) is 10.6. The third-order valence-corrected chi connectivity index (χ3v) is 2.89. The van der Waals surface area contributed by atoms with Crippen molar-refractivity contribution in [3.63, 3.8) is 0 Å². The molecule has 0 radical (unpaired) electrons. The minimum atomic E-state index is -0.730. The van der Waals surface area contributed by atoms with Gasteiger partial charge in [0.1, 0.15) is 16.7 Å². The Hall–Kier alpha value is -1.34. The van der Waals surface area contributed by atoms with Gasteiger partial charge in [-0.15, -0.1) is 0 Å². The third-order valence-electron chi connectivity index (χ3n) is 2.10. The van der Waals surface area contributed by atoms with Crippen LogP contribution in [0.25, 0.3) is 10.9 Å². The first-order valence-electron chi connectivity index (χ1n) is 4.48. The number of ether oxygens (including phenoxy) is 1. The molecule has 0 aliphatic carbocycles. The van der Waals surface area contributed by atoms with Crippen molar-refractivity contribution >= 4 is 40.1 Å². The molecule has 2 aromatic rings. The molecule has 0 spiro atoms. The molecule has 5 nitrogen and oxygen atoms in total. The molecule has 0 fully saturated rings. The number of hydrogen-bond acceptors (Lipinski definition) is 6. The van der Waals surface area contributed by atoms with Gasteiger partial charge in [0.15, 0.2) is 16.1 Å². The average molecular weight is 275 g/mol. The van der Waals surface area contributed by atoms with Crippen LogP contribution in [-0.2, 0) is 0 Å². The quantitative estimate of drug-likeness (QED) is 0.514. The maximum Gasteiger partial charge on any atom is 0.228 e. The largest absolute Gasteiger partial charge is 0.480 e. The molecule has 2 aromatic heterocycles. The lowest BCUT2D eigenvalue weighted by atomic mass is 10.3. The number of nitrogens with zero attached hydrogens (tertiary/aromatic N) is 3. The molecule has 0 aliphatic rings. The summed E-state index contributed by atoms with van der Waals surface area (Å²) in [4.78, 5) is 11.8. The van der Waals surface area contributed by atoms with Crippen LogP contribution in [0.4, 0.5) is 10.2 Å². The molecule has 0 saturated carbocycles. The lowest BCUT2D eigenvalue weighted by Gasteiger charge is -2.08. The third kappa shape index (κ3) is 1.96. The van der Waals surface area contributed by atoms with Gasteiger partial charge in [-0.25, -0.2) is 14.4 Å². The van der Waals surface area contributed by atoms with E-state index < -0.39 is 5.82 Å². The molecular formula is C9H8ClFN4OS. The van der Waals surface area contributed by atoms with E-state index >= 15 is 0 Å². The molecule has 17 heavy (non-hydrogen) atoms. The molecule has 0 saturated heterocycles. The number of rotatable bonds is 2. The predicted octanol–water partition coefficient (Wildman–Crippen LogP) is 2.13. The summed E-state index contributed by atoms with van der Waals surface area (Å²) in [6.45, 7) is 0. The number of nitrogen functional groups attached to an aromatic ring is 1. The van der Waals surface area contributed by atoms with Gasteiger partial charge in [0.2, 0.25) is 5.88 Å². The van der Waals surface area contributed by atoms with Gasteiger partial charge >= 0.3 is 0 Å². The van der Waals surface area contributed by atoms with Gasteiger partial charge in [-0.3, -0.25) is 0 Å². The standard InChI is InChI=1S/C9H8ClFN4OS/c1-16-8-3-5(4(11)6(10)14-8)13-9(17-2)15-7(3)12/h1-2H3,(H2,12,13,15). The van der Waals surface area contributed by atoms with Gasteiger partial charge in [-0.1, -0.05) is 23.4 Å². The Bertz CT molecular complexity index is 595. The minimum absolute atomic E-state index is 0.0127. The average Bonchev–Trinajstić information content (AvgIpc) is 2.33. The number of aromatic nitrogens is 3. The molecule has 90 valence electrons. The molecular weight excluding hydrogens is 267 g/mol. The monoisotopic (exact) mass is 274 g/mol. The molecule has 2 heterocycles. The van der Waals surface area contributed by atoms with Crippen molar-refractivity contribution in [3.05, 3.63) is 11.0 Å². The van der Waals surface area contributed by atoms with Gasteiger partial charge < -0.3 is 10.5 Å². The highest BCUT2D eigenvalue weighted by molar-refractivity contribution is 7.98. The van der Waals surface area contributed by atoms with E-state index in [1.807, 2.05) is 0 Å². The fourth-order valence-corrected chi connectivity index (χ4v) is 1.90. The molecule has 0 aliphatic heterocycles. The second-order valence-electron chi connectivity index (χ2n) is 3.05. The van der Waals surface area contributed by atoms with Crippen molar-refractivity contribution in [1.82, 2.24) is 15.0 Å². The second kappa shape index (κ2) is 4.50. The lowest BCUT2D eigenvalue weighted by Crippen LogP contribution is -2.02. The molecule has 0 bridgehead atoms. The van der Waals surface area contributed by atoms with Gasteiger partial charge in [-0.2, -0.15) is 4.98 Å². The van der Waals surface area contributed by atoms with E-state index in [0.717, 1.165) is 0 Å². The Morgan fingerprint density at radius 3 is 2.65 bits per heavy atom. The van der Waals surface area contributed by atoms with Crippen LogP contribution >= 0.6 is 23.4 Å². The second-order valence-corrected chi connectivity index (χ2v) is 4.18. The maximum absolute atomic E-state index is 13.8. The Morgan fingerprint density at radius 2 is 2.06 bits per heavy atom. The number of thioether (sulfide) groups is 1. The molecule has 0 unspecified atom stereocenters. The Kier molecular flexibility index (Phi) is 3.21. The summed E-state index contributed by atoms with van der Waals surface area (Å²) >= 11 is 6.90. The SMILES string of the molecule is COc1nc(Cl)c(F)c2nc(SC)nc(N)c12. The first-order chi connectivity index (χ1) is 8.08. The van der Waals surface area contributed by atoms with Crippen molar-refractivity contribution in [1.29, 1.82) is 0 Å². The molecule has 2 rings (SSSR count). The van der Waals surface area contributed by atoms with E-state index in [4.69, 9.17) is 22.1 Å². The highest BCUT2D eigenvalue weighted by Gasteiger charge is 2.18. The molecule has 2 N–H and O–H groups in total. The summed E-state index contributed by atoms with van der Waals surface area (Å²) in [7, 11) is 1.39.